The van der Waals surface area contributed by atoms with Crippen molar-refractivity contribution in [1.82, 2.24) is 10.2 Å². The van der Waals surface area contributed by atoms with Gasteiger partial charge in [0.15, 0.2) is 0 Å². The highest BCUT2D eigenvalue weighted by Gasteiger charge is 2.45. The molecular formula is C16H30N2O. The van der Waals surface area contributed by atoms with E-state index in [1.165, 1.54) is 19.3 Å². The van der Waals surface area contributed by atoms with Gasteiger partial charge in [0.25, 0.3) is 0 Å². The standard InChI is InChI=1S/C16H30N2O/c1-6-13-16(19)18(15(17-13)10(2)3)14-8-7-11(4)9-12(14)5/h10-15,17H,6-9H2,1-5H3. The molecule has 1 aliphatic carbocycles. The molecule has 3 nitrogen and oxygen atoms in total. The summed E-state index contributed by atoms with van der Waals surface area (Å²) in [6.45, 7) is 11.2. The van der Waals surface area contributed by atoms with Gasteiger partial charge in [-0.3, -0.25) is 10.1 Å². The number of nitrogens with zero attached hydrogens (tertiary/aromatic N) is 1. The lowest BCUT2D eigenvalue weighted by atomic mass is 9.78. The normalized spacial score (nSPS) is 40.2. The molecule has 0 radical (unpaired) electrons. The van der Waals surface area contributed by atoms with Crippen molar-refractivity contribution in [3.05, 3.63) is 0 Å². The van der Waals surface area contributed by atoms with Crippen LogP contribution < -0.4 is 5.32 Å². The van der Waals surface area contributed by atoms with E-state index in [0.717, 1.165) is 12.3 Å². The largest absolute Gasteiger partial charge is 0.322 e. The van der Waals surface area contributed by atoms with Gasteiger partial charge < -0.3 is 4.90 Å². The van der Waals surface area contributed by atoms with E-state index in [9.17, 15) is 4.79 Å². The van der Waals surface area contributed by atoms with Crippen molar-refractivity contribution in [1.29, 1.82) is 0 Å². The molecule has 2 rings (SSSR count). The van der Waals surface area contributed by atoms with E-state index < -0.39 is 0 Å². The third-order valence-electron chi connectivity index (χ3n) is 5.01. The summed E-state index contributed by atoms with van der Waals surface area (Å²) in [7, 11) is 0. The zero-order chi connectivity index (χ0) is 14.2. The third kappa shape index (κ3) is 2.81. The van der Waals surface area contributed by atoms with Crippen molar-refractivity contribution in [3.8, 4) is 0 Å². The molecule has 1 aliphatic heterocycles. The first-order valence-electron chi connectivity index (χ1n) is 8.03. The molecule has 0 aromatic rings. The second kappa shape index (κ2) is 5.82. The maximum atomic E-state index is 12.6. The first-order chi connectivity index (χ1) is 8.95. The molecule has 5 unspecified atom stereocenters. The molecule has 3 heteroatoms. The predicted octanol–water partition coefficient (Wildman–Crippen LogP) is 3.00. The van der Waals surface area contributed by atoms with Crippen LogP contribution in [0.4, 0.5) is 0 Å². The number of amides is 1. The van der Waals surface area contributed by atoms with Crippen molar-refractivity contribution in [2.45, 2.75) is 78.6 Å². The summed E-state index contributed by atoms with van der Waals surface area (Å²) in [5.41, 5.74) is 0. The van der Waals surface area contributed by atoms with Gasteiger partial charge in [-0.2, -0.15) is 0 Å². The molecule has 0 aromatic heterocycles. The van der Waals surface area contributed by atoms with E-state index in [-0.39, 0.29) is 12.2 Å². The molecule has 1 saturated heterocycles. The van der Waals surface area contributed by atoms with Gasteiger partial charge in [0.1, 0.15) is 0 Å². The van der Waals surface area contributed by atoms with Crippen LogP contribution >= 0.6 is 0 Å². The summed E-state index contributed by atoms with van der Waals surface area (Å²) >= 11 is 0. The number of nitrogens with one attached hydrogen (secondary N) is 1. The summed E-state index contributed by atoms with van der Waals surface area (Å²) < 4.78 is 0. The SMILES string of the molecule is CCC1NC(C(C)C)N(C2CCC(C)CC2C)C1=O. The molecular weight excluding hydrogens is 236 g/mol. The summed E-state index contributed by atoms with van der Waals surface area (Å²) in [5.74, 6) is 2.27. The van der Waals surface area contributed by atoms with Crippen LogP contribution in [0.3, 0.4) is 0 Å². The second-order valence-electron chi connectivity index (χ2n) is 7.02. The number of hydrogen-bond donors (Lipinski definition) is 1. The quantitative estimate of drug-likeness (QED) is 0.851. The molecule has 1 amide bonds. The Kier molecular flexibility index (Phi) is 4.54. The van der Waals surface area contributed by atoms with Gasteiger partial charge >= 0.3 is 0 Å². The summed E-state index contributed by atoms with van der Waals surface area (Å²) in [6, 6.07) is 0.485. The van der Waals surface area contributed by atoms with Gasteiger partial charge in [-0.15, -0.1) is 0 Å². The van der Waals surface area contributed by atoms with Crippen LogP contribution in [0.25, 0.3) is 0 Å². The molecule has 2 aliphatic rings. The Bertz CT molecular complexity index is 329. The van der Waals surface area contributed by atoms with Crippen LogP contribution in [0, 0.1) is 17.8 Å². The molecule has 1 heterocycles. The number of rotatable bonds is 3. The zero-order valence-corrected chi connectivity index (χ0v) is 13.1. The van der Waals surface area contributed by atoms with Gasteiger partial charge in [-0.25, -0.2) is 0 Å². The highest BCUT2D eigenvalue weighted by atomic mass is 16.2. The first-order valence-corrected chi connectivity index (χ1v) is 8.03. The Hall–Kier alpha value is -0.570. The summed E-state index contributed by atoms with van der Waals surface area (Å²) in [5, 5.41) is 3.55. The van der Waals surface area contributed by atoms with Crippen molar-refractivity contribution in [2.24, 2.45) is 17.8 Å². The first kappa shape index (κ1) is 14.8. The average molecular weight is 266 g/mol. The van der Waals surface area contributed by atoms with Gasteiger partial charge in [-0.1, -0.05) is 34.6 Å². The van der Waals surface area contributed by atoms with Crippen molar-refractivity contribution in [3.63, 3.8) is 0 Å². The van der Waals surface area contributed by atoms with Crippen LogP contribution in [0.15, 0.2) is 0 Å². The Morgan fingerprint density at radius 3 is 2.53 bits per heavy atom. The van der Waals surface area contributed by atoms with E-state index >= 15 is 0 Å². The van der Waals surface area contributed by atoms with Crippen LogP contribution in [-0.2, 0) is 4.79 Å². The topological polar surface area (TPSA) is 32.3 Å². The predicted molar refractivity (Wildman–Crippen MR) is 78.7 cm³/mol. The van der Waals surface area contributed by atoms with Crippen molar-refractivity contribution >= 4 is 5.91 Å². The minimum Gasteiger partial charge on any atom is -0.322 e. The smallest absolute Gasteiger partial charge is 0.241 e. The molecule has 0 bridgehead atoms. The Morgan fingerprint density at radius 1 is 1.32 bits per heavy atom. The zero-order valence-electron chi connectivity index (χ0n) is 13.1. The minimum atomic E-state index is 0.0407. The minimum absolute atomic E-state index is 0.0407. The fourth-order valence-corrected chi connectivity index (χ4v) is 3.91. The molecule has 0 spiro atoms. The molecule has 0 aromatic carbocycles. The van der Waals surface area contributed by atoms with Crippen LogP contribution in [-0.4, -0.2) is 29.1 Å². The van der Waals surface area contributed by atoms with E-state index in [1.54, 1.807) is 0 Å². The third-order valence-corrected chi connectivity index (χ3v) is 5.01. The van der Waals surface area contributed by atoms with Gasteiger partial charge in [0, 0.05) is 6.04 Å². The fourth-order valence-electron chi connectivity index (χ4n) is 3.91. The van der Waals surface area contributed by atoms with Crippen LogP contribution in [0.5, 0.6) is 0 Å². The molecule has 110 valence electrons. The highest BCUT2D eigenvalue weighted by molar-refractivity contribution is 5.84. The Balaban J connectivity index is 2.17. The average Bonchev–Trinajstić information content (AvgIpc) is 2.67. The van der Waals surface area contributed by atoms with Crippen LogP contribution in [0.1, 0.15) is 60.3 Å². The van der Waals surface area contributed by atoms with Crippen molar-refractivity contribution in [2.75, 3.05) is 0 Å². The maximum absolute atomic E-state index is 12.6. The summed E-state index contributed by atoms with van der Waals surface area (Å²) in [4.78, 5) is 14.8. The summed E-state index contributed by atoms with van der Waals surface area (Å²) in [6.07, 6.45) is 4.83. The molecule has 19 heavy (non-hydrogen) atoms. The molecule has 1 N–H and O–H groups in total. The lowest BCUT2D eigenvalue weighted by molar-refractivity contribution is -0.135. The van der Waals surface area contributed by atoms with Crippen LogP contribution in [0.2, 0.25) is 0 Å². The monoisotopic (exact) mass is 266 g/mol. The number of hydrogen-bond acceptors (Lipinski definition) is 2. The second-order valence-corrected chi connectivity index (χ2v) is 7.02. The van der Waals surface area contributed by atoms with E-state index in [1.807, 2.05) is 0 Å². The fraction of sp³-hybridized carbons (Fsp3) is 0.938. The van der Waals surface area contributed by atoms with Crippen molar-refractivity contribution < 1.29 is 4.79 Å². The van der Waals surface area contributed by atoms with Gasteiger partial charge in [-0.05, 0) is 43.4 Å². The highest BCUT2D eigenvalue weighted by Crippen LogP contribution is 2.35. The molecule has 2 fully saturated rings. The lowest BCUT2D eigenvalue weighted by Gasteiger charge is -2.42. The number of carbonyl (C=O) groups excluding carboxylic acids is 1. The van der Waals surface area contributed by atoms with E-state index in [4.69, 9.17) is 0 Å². The maximum Gasteiger partial charge on any atom is 0.241 e. The van der Waals surface area contributed by atoms with E-state index in [0.29, 0.717) is 23.8 Å². The Morgan fingerprint density at radius 2 is 2.00 bits per heavy atom. The number of carbonyl (C=O) groups is 1. The van der Waals surface area contributed by atoms with Gasteiger partial charge in [0.2, 0.25) is 5.91 Å². The molecule has 5 atom stereocenters. The Labute approximate surface area is 118 Å². The van der Waals surface area contributed by atoms with E-state index in [2.05, 4.69) is 44.8 Å². The lowest BCUT2D eigenvalue weighted by Crippen LogP contribution is -2.51. The molecule has 1 saturated carbocycles. The van der Waals surface area contributed by atoms with Gasteiger partial charge in [0.05, 0.1) is 12.2 Å².